The van der Waals surface area contributed by atoms with Crippen LogP contribution in [0.5, 0.6) is 0 Å². The number of anilines is 1. The van der Waals surface area contributed by atoms with Gasteiger partial charge in [-0.05, 0) is 61.4 Å². The largest absolute Gasteiger partial charge is 0.457 e. The molecule has 1 saturated heterocycles. The van der Waals surface area contributed by atoms with Crippen molar-refractivity contribution in [3.05, 3.63) is 86.1 Å². The summed E-state index contributed by atoms with van der Waals surface area (Å²) in [5.74, 6) is -1.09. The molecule has 0 atom stereocenters. The number of nitrogens with one attached hydrogen (secondary N) is 1. The number of hydrogen-bond donors (Lipinski definition) is 1. The summed E-state index contributed by atoms with van der Waals surface area (Å²) in [6, 6.07) is 11.3. The monoisotopic (exact) mass is 465 g/mol. The Bertz CT molecular complexity index is 1370. The van der Waals surface area contributed by atoms with Crippen LogP contribution in [0.25, 0.3) is 17.4 Å². The first-order chi connectivity index (χ1) is 15.7. The zero-order chi connectivity index (χ0) is 23.9. The van der Waals surface area contributed by atoms with Crippen LogP contribution in [-0.2, 0) is 9.59 Å². The van der Waals surface area contributed by atoms with E-state index in [2.05, 4.69) is 5.32 Å². The Morgan fingerprint density at radius 2 is 1.79 bits per heavy atom. The predicted molar refractivity (Wildman–Crippen MR) is 121 cm³/mol. The number of barbiturate groups is 1. The average molecular weight is 466 g/mol. The van der Waals surface area contributed by atoms with Gasteiger partial charge in [-0.25, -0.2) is 9.69 Å². The number of benzene rings is 2. The third-order valence-corrected chi connectivity index (χ3v) is 5.52. The number of nitro groups is 1. The number of nitrogens with zero attached hydrogens (tertiary/aromatic N) is 2. The van der Waals surface area contributed by atoms with Crippen LogP contribution >= 0.6 is 11.6 Å². The van der Waals surface area contributed by atoms with Gasteiger partial charge in [-0.1, -0.05) is 17.7 Å². The van der Waals surface area contributed by atoms with E-state index in [-0.39, 0.29) is 22.7 Å². The summed E-state index contributed by atoms with van der Waals surface area (Å²) >= 11 is 6.12. The molecule has 4 amide bonds. The highest BCUT2D eigenvalue weighted by Crippen LogP contribution is 2.30. The van der Waals surface area contributed by atoms with Gasteiger partial charge in [-0.3, -0.25) is 25.0 Å². The van der Waals surface area contributed by atoms with Crippen molar-refractivity contribution in [1.82, 2.24) is 5.32 Å². The van der Waals surface area contributed by atoms with Gasteiger partial charge in [0, 0.05) is 22.7 Å². The summed E-state index contributed by atoms with van der Waals surface area (Å²) in [6.45, 7) is 3.48. The van der Waals surface area contributed by atoms with Crippen molar-refractivity contribution in [2.45, 2.75) is 13.8 Å². The molecular formula is C23H16ClN3O6. The molecule has 1 aliphatic rings. The summed E-state index contributed by atoms with van der Waals surface area (Å²) in [6.07, 6.45) is 1.23. The predicted octanol–water partition coefficient (Wildman–Crippen LogP) is 4.79. The van der Waals surface area contributed by atoms with Gasteiger partial charge in [0.15, 0.2) is 0 Å². The van der Waals surface area contributed by atoms with Crippen LogP contribution in [0.4, 0.5) is 16.2 Å². The second kappa shape index (κ2) is 8.36. The molecule has 4 rings (SSSR count). The fraction of sp³-hybridized carbons (Fsp3) is 0.0870. The van der Waals surface area contributed by atoms with Gasteiger partial charge in [-0.15, -0.1) is 0 Å². The number of urea groups is 1. The van der Waals surface area contributed by atoms with E-state index in [0.717, 1.165) is 10.5 Å². The summed E-state index contributed by atoms with van der Waals surface area (Å²) in [7, 11) is 0. The summed E-state index contributed by atoms with van der Waals surface area (Å²) in [5, 5.41) is 13.4. The van der Waals surface area contributed by atoms with Crippen LogP contribution in [0.2, 0.25) is 5.02 Å². The lowest BCUT2D eigenvalue weighted by Gasteiger charge is -2.26. The Labute approximate surface area is 192 Å². The first kappa shape index (κ1) is 22.0. The highest BCUT2D eigenvalue weighted by molar-refractivity contribution is 6.39. The summed E-state index contributed by atoms with van der Waals surface area (Å²) in [5.41, 5.74) is 1.88. The maximum atomic E-state index is 13.0. The first-order valence-corrected chi connectivity index (χ1v) is 10.1. The third kappa shape index (κ3) is 4.13. The van der Waals surface area contributed by atoms with Crippen molar-refractivity contribution in [2.24, 2.45) is 0 Å². The van der Waals surface area contributed by atoms with Crippen LogP contribution in [0, 0.1) is 24.0 Å². The minimum Gasteiger partial charge on any atom is -0.457 e. The standard InChI is InChI=1S/C23H16ClN3O6/c1-12-3-4-14(10-19(12)24)26-22(29)18(21(28)25-23(26)30)11-16-6-8-20(33-16)17-7-5-15(27(31)32)9-13(17)2/h3-11H,1-2H3,(H,25,28,30)/b18-11+. The van der Waals surface area contributed by atoms with Crippen LogP contribution in [0.15, 0.2) is 58.5 Å². The number of non-ortho nitro benzene ring substituents is 1. The van der Waals surface area contributed by atoms with Crippen LogP contribution in [0.1, 0.15) is 16.9 Å². The van der Waals surface area contributed by atoms with Crippen molar-refractivity contribution in [3.63, 3.8) is 0 Å². The van der Waals surface area contributed by atoms with Crippen LogP contribution in [-0.4, -0.2) is 22.8 Å². The molecule has 10 heteroatoms. The second-order valence-electron chi connectivity index (χ2n) is 7.35. The Morgan fingerprint density at radius 3 is 2.45 bits per heavy atom. The Hall–Kier alpha value is -4.24. The lowest BCUT2D eigenvalue weighted by atomic mass is 10.1. The molecule has 9 nitrogen and oxygen atoms in total. The topological polar surface area (TPSA) is 123 Å². The maximum absolute atomic E-state index is 13.0. The number of carbonyl (C=O) groups is 3. The number of aryl methyl sites for hydroxylation is 2. The lowest BCUT2D eigenvalue weighted by Crippen LogP contribution is -2.54. The number of imide groups is 2. The molecule has 0 saturated carbocycles. The van der Waals surface area contributed by atoms with Gasteiger partial charge in [0.25, 0.3) is 17.5 Å². The summed E-state index contributed by atoms with van der Waals surface area (Å²) < 4.78 is 5.75. The molecular weight excluding hydrogens is 450 g/mol. The van der Waals surface area contributed by atoms with E-state index in [0.29, 0.717) is 21.9 Å². The molecule has 1 aliphatic heterocycles. The number of hydrogen-bond acceptors (Lipinski definition) is 6. The molecule has 2 heterocycles. The van der Waals surface area contributed by atoms with Crippen molar-refractivity contribution in [1.29, 1.82) is 0 Å². The molecule has 0 spiro atoms. The Kier molecular flexibility index (Phi) is 5.57. The van der Waals surface area contributed by atoms with E-state index in [1.807, 2.05) is 0 Å². The average Bonchev–Trinajstić information content (AvgIpc) is 3.21. The Balaban J connectivity index is 1.67. The number of carbonyl (C=O) groups excluding carboxylic acids is 3. The normalized spacial score (nSPS) is 15.2. The van der Waals surface area contributed by atoms with Crippen molar-refractivity contribution in [2.75, 3.05) is 4.90 Å². The number of halogens is 1. The van der Waals surface area contributed by atoms with E-state index in [9.17, 15) is 24.5 Å². The summed E-state index contributed by atoms with van der Waals surface area (Å²) in [4.78, 5) is 49.0. The van der Waals surface area contributed by atoms with Gasteiger partial charge >= 0.3 is 6.03 Å². The van der Waals surface area contributed by atoms with E-state index >= 15 is 0 Å². The molecule has 1 aromatic heterocycles. The fourth-order valence-corrected chi connectivity index (χ4v) is 3.54. The minimum atomic E-state index is -0.885. The molecule has 2 aromatic carbocycles. The molecule has 166 valence electrons. The van der Waals surface area contributed by atoms with E-state index < -0.39 is 22.8 Å². The molecule has 1 N–H and O–H groups in total. The molecule has 0 aliphatic carbocycles. The SMILES string of the molecule is Cc1ccc(N2C(=O)NC(=O)/C(=C\c3ccc(-c4ccc([N+](=O)[O-])cc4C)o3)C2=O)cc1Cl. The fourth-order valence-electron chi connectivity index (χ4n) is 3.37. The van der Waals surface area contributed by atoms with E-state index in [1.54, 1.807) is 44.2 Å². The van der Waals surface area contributed by atoms with Gasteiger partial charge < -0.3 is 4.42 Å². The maximum Gasteiger partial charge on any atom is 0.335 e. The molecule has 33 heavy (non-hydrogen) atoms. The number of rotatable bonds is 4. The van der Waals surface area contributed by atoms with Crippen LogP contribution in [0.3, 0.4) is 0 Å². The number of nitro benzene ring substituents is 1. The number of amides is 4. The van der Waals surface area contributed by atoms with E-state index in [1.165, 1.54) is 24.3 Å². The first-order valence-electron chi connectivity index (χ1n) is 9.68. The van der Waals surface area contributed by atoms with Gasteiger partial charge in [0.2, 0.25) is 0 Å². The molecule has 0 unspecified atom stereocenters. The molecule has 3 aromatic rings. The molecule has 0 bridgehead atoms. The second-order valence-corrected chi connectivity index (χ2v) is 7.76. The van der Waals surface area contributed by atoms with Crippen molar-refractivity contribution < 1.29 is 23.7 Å². The zero-order valence-corrected chi connectivity index (χ0v) is 18.2. The van der Waals surface area contributed by atoms with Gasteiger partial charge in [0.05, 0.1) is 10.6 Å². The molecule has 1 fully saturated rings. The van der Waals surface area contributed by atoms with E-state index in [4.69, 9.17) is 16.0 Å². The third-order valence-electron chi connectivity index (χ3n) is 5.11. The minimum absolute atomic E-state index is 0.0458. The van der Waals surface area contributed by atoms with Gasteiger partial charge in [0.1, 0.15) is 17.1 Å². The highest BCUT2D eigenvalue weighted by atomic mass is 35.5. The van der Waals surface area contributed by atoms with Crippen molar-refractivity contribution >= 4 is 46.9 Å². The smallest absolute Gasteiger partial charge is 0.335 e. The van der Waals surface area contributed by atoms with Crippen LogP contribution < -0.4 is 10.2 Å². The highest BCUT2D eigenvalue weighted by Gasteiger charge is 2.37. The zero-order valence-electron chi connectivity index (χ0n) is 17.4. The lowest BCUT2D eigenvalue weighted by molar-refractivity contribution is -0.384. The van der Waals surface area contributed by atoms with Gasteiger partial charge in [-0.2, -0.15) is 0 Å². The molecule has 0 radical (unpaired) electrons. The van der Waals surface area contributed by atoms with Crippen molar-refractivity contribution in [3.8, 4) is 11.3 Å². The number of furan rings is 1. The Morgan fingerprint density at radius 1 is 1.03 bits per heavy atom. The quantitative estimate of drug-likeness (QED) is 0.256.